The van der Waals surface area contributed by atoms with Crippen molar-refractivity contribution in [3.05, 3.63) is 35.9 Å². The van der Waals surface area contributed by atoms with Crippen molar-refractivity contribution in [3.63, 3.8) is 0 Å². The molecule has 1 aliphatic rings. The normalized spacial score (nSPS) is 22.8. The molecule has 0 bridgehead atoms. The van der Waals surface area contributed by atoms with Crippen molar-refractivity contribution in [3.8, 4) is 0 Å². The molecule has 0 saturated carbocycles. The monoisotopic (exact) mass is 219 g/mol. The van der Waals surface area contributed by atoms with Crippen LogP contribution in [0.3, 0.4) is 0 Å². The van der Waals surface area contributed by atoms with E-state index in [9.17, 15) is 5.11 Å². The molecule has 1 fully saturated rings. The lowest BCUT2D eigenvalue weighted by Gasteiger charge is -2.45. The van der Waals surface area contributed by atoms with Crippen LogP contribution in [0.4, 0.5) is 0 Å². The Morgan fingerprint density at radius 2 is 2.12 bits per heavy atom. The van der Waals surface area contributed by atoms with Gasteiger partial charge in [-0.25, -0.2) is 0 Å². The van der Waals surface area contributed by atoms with Crippen molar-refractivity contribution in [2.75, 3.05) is 13.2 Å². The summed E-state index contributed by atoms with van der Waals surface area (Å²) in [5.41, 5.74) is 1.37. The first-order valence-corrected chi connectivity index (χ1v) is 6.24. The van der Waals surface area contributed by atoms with Crippen LogP contribution in [0.25, 0.3) is 0 Å². The molecule has 2 nitrogen and oxygen atoms in total. The number of aliphatic hydroxyl groups excluding tert-OH is 1. The standard InChI is InChI=1S/C14H21NO/c1-2-13(11-16)14-8-9-15(14)10-12-6-4-3-5-7-12/h3-7,13-14,16H,2,8-11H2,1H3. The Bertz CT molecular complexity index is 308. The van der Waals surface area contributed by atoms with Gasteiger partial charge in [0, 0.05) is 25.7 Å². The molecular weight excluding hydrogens is 198 g/mol. The summed E-state index contributed by atoms with van der Waals surface area (Å²) in [6.45, 7) is 4.70. The van der Waals surface area contributed by atoms with Crippen LogP contribution in [-0.4, -0.2) is 29.2 Å². The van der Waals surface area contributed by atoms with Gasteiger partial charge in [0.2, 0.25) is 0 Å². The van der Waals surface area contributed by atoms with Gasteiger partial charge in [0.1, 0.15) is 0 Å². The summed E-state index contributed by atoms with van der Waals surface area (Å²) < 4.78 is 0. The highest BCUT2D eigenvalue weighted by Gasteiger charge is 2.33. The van der Waals surface area contributed by atoms with E-state index in [4.69, 9.17) is 0 Å². The molecule has 2 atom stereocenters. The highest BCUT2D eigenvalue weighted by atomic mass is 16.3. The molecule has 1 aromatic rings. The molecule has 0 spiro atoms. The number of benzene rings is 1. The maximum Gasteiger partial charge on any atom is 0.0474 e. The summed E-state index contributed by atoms with van der Waals surface area (Å²) in [6, 6.07) is 11.2. The van der Waals surface area contributed by atoms with Gasteiger partial charge < -0.3 is 5.11 Å². The average molecular weight is 219 g/mol. The predicted molar refractivity (Wildman–Crippen MR) is 66.1 cm³/mol. The zero-order valence-corrected chi connectivity index (χ0v) is 9.97. The van der Waals surface area contributed by atoms with Crippen molar-refractivity contribution < 1.29 is 5.11 Å². The van der Waals surface area contributed by atoms with Crippen molar-refractivity contribution in [2.45, 2.75) is 32.4 Å². The van der Waals surface area contributed by atoms with Gasteiger partial charge in [0.15, 0.2) is 0 Å². The molecule has 0 amide bonds. The van der Waals surface area contributed by atoms with Gasteiger partial charge >= 0.3 is 0 Å². The summed E-state index contributed by atoms with van der Waals surface area (Å²) in [5, 5.41) is 9.32. The van der Waals surface area contributed by atoms with Crippen LogP contribution in [0.15, 0.2) is 30.3 Å². The summed E-state index contributed by atoms with van der Waals surface area (Å²) >= 11 is 0. The van der Waals surface area contributed by atoms with Crippen LogP contribution in [0.2, 0.25) is 0 Å². The number of hydrogen-bond donors (Lipinski definition) is 1. The van der Waals surface area contributed by atoms with Crippen LogP contribution < -0.4 is 0 Å². The van der Waals surface area contributed by atoms with Crippen LogP contribution in [0.5, 0.6) is 0 Å². The van der Waals surface area contributed by atoms with E-state index >= 15 is 0 Å². The third-order valence-corrected chi connectivity index (χ3v) is 3.71. The van der Waals surface area contributed by atoms with Gasteiger partial charge in [0.25, 0.3) is 0 Å². The Morgan fingerprint density at radius 1 is 1.38 bits per heavy atom. The zero-order chi connectivity index (χ0) is 11.4. The average Bonchev–Trinajstić information content (AvgIpc) is 2.32. The van der Waals surface area contributed by atoms with Crippen LogP contribution in [-0.2, 0) is 6.54 Å². The fraction of sp³-hybridized carbons (Fsp3) is 0.571. The molecule has 2 rings (SSSR count). The maximum atomic E-state index is 9.32. The van der Waals surface area contributed by atoms with Crippen molar-refractivity contribution in [1.82, 2.24) is 4.90 Å². The Hall–Kier alpha value is -0.860. The first-order valence-electron chi connectivity index (χ1n) is 6.24. The highest BCUT2D eigenvalue weighted by molar-refractivity contribution is 5.15. The molecule has 88 valence electrons. The molecule has 1 saturated heterocycles. The van der Waals surface area contributed by atoms with Gasteiger partial charge in [-0.2, -0.15) is 0 Å². The molecule has 0 aromatic heterocycles. The van der Waals surface area contributed by atoms with E-state index in [1.54, 1.807) is 0 Å². The maximum absolute atomic E-state index is 9.32. The molecule has 1 aliphatic heterocycles. The third kappa shape index (κ3) is 2.45. The quantitative estimate of drug-likeness (QED) is 0.821. The minimum absolute atomic E-state index is 0.326. The van der Waals surface area contributed by atoms with Gasteiger partial charge in [-0.3, -0.25) is 4.90 Å². The lowest BCUT2D eigenvalue weighted by atomic mass is 9.87. The second kappa shape index (κ2) is 5.46. The largest absolute Gasteiger partial charge is 0.396 e. The second-order valence-electron chi connectivity index (χ2n) is 4.66. The van der Waals surface area contributed by atoms with Crippen LogP contribution >= 0.6 is 0 Å². The van der Waals surface area contributed by atoms with E-state index in [1.165, 1.54) is 18.5 Å². The Balaban J connectivity index is 1.92. The molecule has 2 heteroatoms. The van der Waals surface area contributed by atoms with Crippen molar-refractivity contribution >= 4 is 0 Å². The predicted octanol–water partition coefficient (Wildman–Crippen LogP) is 2.28. The molecule has 0 radical (unpaired) electrons. The summed E-state index contributed by atoms with van der Waals surface area (Å²) in [5.74, 6) is 0.456. The number of hydrogen-bond acceptors (Lipinski definition) is 2. The van der Waals surface area contributed by atoms with Gasteiger partial charge in [-0.1, -0.05) is 37.3 Å². The topological polar surface area (TPSA) is 23.5 Å². The lowest BCUT2D eigenvalue weighted by molar-refractivity contribution is 0.0130. The van der Waals surface area contributed by atoms with E-state index in [0.717, 1.165) is 13.0 Å². The summed E-state index contributed by atoms with van der Waals surface area (Å²) in [6.07, 6.45) is 2.32. The molecule has 1 heterocycles. The van der Waals surface area contributed by atoms with Crippen LogP contribution in [0, 0.1) is 5.92 Å². The number of aliphatic hydroxyl groups is 1. The van der Waals surface area contributed by atoms with E-state index in [2.05, 4.69) is 42.2 Å². The molecule has 1 aromatic carbocycles. The van der Waals surface area contributed by atoms with Crippen molar-refractivity contribution in [1.29, 1.82) is 0 Å². The minimum atomic E-state index is 0.326. The Labute approximate surface area is 97.9 Å². The zero-order valence-electron chi connectivity index (χ0n) is 9.97. The van der Waals surface area contributed by atoms with Crippen LogP contribution in [0.1, 0.15) is 25.3 Å². The van der Waals surface area contributed by atoms with E-state index < -0.39 is 0 Å². The van der Waals surface area contributed by atoms with E-state index in [1.807, 2.05) is 0 Å². The molecular formula is C14H21NO. The van der Waals surface area contributed by atoms with Gasteiger partial charge in [-0.15, -0.1) is 0 Å². The van der Waals surface area contributed by atoms with Crippen molar-refractivity contribution in [2.24, 2.45) is 5.92 Å². The highest BCUT2D eigenvalue weighted by Crippen LogP contribution is 2.28. The minimum Gasteiger partial charge on any atom is -0.396 e. The fourth-order valence-corrected chi connectivity index (χ4v) is 2.53. The smallest absolute Gasteiger partial charge is 0.0474 e. The van der Waals surface area contributed by atoms with E-state index in [0.29, 0.717) is 18.6 Å². The molecule has 16 heavy (non-hydrogen) atoms. The first-order chi connectivity index (χ1) is 7.85. The fourth-order valence-electron chi connectivity index (χ4n) is 2.53. The SMILES string of the molecule is CCC(CO)C1CCN1Cc1ccccc1. The van der Waals surface area contributed by atoms with Gasteiger partial charge in [-0.05, 0) is 24.3 Å². The third-order valence-electron chi connectivity index (χ3n) is 3.71. The Kier molecular flexibility index (Phi) is 3.97. The lowest BCUT2D eigenvalue weighted by Crippen LogP contribution is -2.51. The molecule has 0 aliphatic carbocycles. The van der Waals surface area contributed by atoms with Gasteiger partial charge in [0.05, 0.1) is 0 Å². The van der Waals surface area contributed by atoms with E-state index in [-0.39, 0.29) is 0 Å². The first kappa shape index (κ1) is 11.6. The summed E-state index contributed by atoms with van der Waals surface area (Å²) in [7, 11) is 0. The summed E-state index contributed by atoms with van der Waals surface area (Å²) in [4.78, 5) is 2.49. The molecule has 1 N–H and O–H groups in total. The number of rotatable bonds is 5. The number of likely N-dealkylation sites (tertiary alicyclic amines) is 1. The molecule has 2 unspecified atom stereocenters. The number of nitrogens with zero attached hydrogens (tertiary/aromatic N) is 1. The Morgan fingerprint density at radius 3 is 2.62 bits per heavy atom. The second-order valence-corrected chi connectivity index (χ2v) is 4.66.